The molecule has 0 saturated heterocycles. The van der Waals surface area contributed by atoms with E-state index in [-0.39, 0.29) is 6.61 Å². The number of primary amides is 1. The first-order chi connectivity index (χ1) is 9.31. The van der Waals surface area contributed by atoms with Gasteiger partial charge < -0.3 is 20.3 Å². The molecule has 1 unspecified atom stereocenters. The normalized spacial score (nSPS) is 13.4. The summed E-state index contributed by atoms with van der Waals surface area (Å²) in [6.07, 6.45) is -2.64. The van der Waals surface area contributed by atoms with Gasteiger partial charge in [0.05, 0.1) is 5.92 Å². The van der Waals surface area contributed by atoms with Crippen LogP contribution in [-0.2, 0) is 14.3 Å². The molecule has 0 aliphatic heterocycles. The fraction of sp³-hybridized carbons (Fsp3) is 0.385. The van der Waals surface area contributed by atoms with Gasteiger partial charge in [-0.1, -0.05) is 17.7 Å². The zero-order chi connectivity index (χ0) is 15.3. The van der Waals surface area contributed by atoms with Gasteiger partial charge in [-0.3, -0.25) is 4.79 Å². The van der Waals surface area contributed by atoms with Crippen molar-refractivity contribution in [3.8, 4) is 0 Å². The Morgan fingerprint density at radius 3 is 2.60 bits per heavy atom. The number of hydrogen-bond acceptors (Lipinski definition) is 6. The number of carbonyl (C=O) groups is 2. The number of ether oxygens (including phenoxy) is 2. The molecule has 0 fully saturated rings. The second-order valence-corrected chi connectivity index (χ2v) is 4.78. The van der Waals surface area contributed by atoms with Crippen molar-refractivity contribution in [3.63, 3.8) is 0 Å². The second kappa shape index (κ2) is 7.16. The summed E-state index contributed by atoms with van der Waals surface area (Å²) in [5.74, 6) is -1.27. The number of benzene rings is 1. The third-order valence-corrected chi connectivity index (χ3v) is 3.02. The van der Waals surface area contributed by atoms with E-state index in [2.05, 4.69) is 17.4 Å². The van der Waals surface area contributed by atoms with Crippen molar-refractivity contribution in [2.45, 2.75) is 31.0 Å². The molecule has 20 heavy (non-hydrogen) atoms. The number of thiol groups is 1. The van der Waals surface area contributed by atoms with Gasteiger partial charge in [0.25, 0.3) is 0 Å². The van der Waals surface area contributed by atoms with Crippen molar-refractivity contribution in [1.29, 1.82) is 0 Å². The molecule has 1 amide bonds. The molecule has 110 valence electrons. The predicted octanol–water partition coefficient (Wildman–Crippen LogP) is 1.34. The molecule has 0 spiro atoms. The Hall–Kier alpha value is -1.73. The van der Waals surface area contributed by atoms with Crippen LogP contribution in [0.15, 0.2) is 23.1 Å². The minimum atomic E-state index is -1.53. The summed E-state index contributed by atoms with van der Waals surface area (Å²) in [7, 11) is 0. The van der Waals surface area contributed by atoms with Crippen LogP contribution in [0.4, 0.5) is 4.79 Å². The first kappa shape index (κ1) is 16.3. The van der Waals surface area contributed by atoms with Crippen molar-refractivity contribution in [2.24, 2.45) is 5.73 Å². The lowest BCUT2D eigenvalue weighted by Crippen LogP contribution is -2.31. The molecule has 2 atom stereocenters. The Morgan fingerprint density at radius 2 is 2.10 bits per heavy atom. The van der Waals surface area contributed by atoms with E-state index in [1.165, 1.54) is 6.92 Å². The van der Waals surface area contributed by atoms with Crippen LogP contribution in [0.3, 0.4) is 0 Å². The highest BCUT2D eigenvalue weighted by atomic mass is 32.1. The minimum absolute atomic E-state index is 0.152. The average molecular weight is 299 g/mol. The lowest BCUT2D eigenvalue weighted by atomic mass is 9.98. The van der Waals surface area contributed by atoms with E-state index >= 15 is 0 Å². The zero-order valence-corrected chi connectivity index (χ0v) is 12.1. The first-order valence-electron chi connectivity index (χ1n) is 5.88. The van der Waals surface area contributed by atoms with Gasteiger partial charge in [0.2, 0.25) is 6.29 Å². The third-order valence-electron chi connectivity index (χ3n) is 2.63. The number of hydrogen-bond donors (Lipinski definition) is 3. The largest absolute Gasteiger partial charge is 0.465 e. The summed E-state index contributed by atoms with van der Waals surface area (Å²) < 4.78 is 9.43. The Morgan fingerprint density at radius 1 is 1.45 bits per heavy atom. The van der Waals surface area contributed by atoms with Crippen LogP contribution in [0.25, 0.3) is 0 Å². The van der Waals surface area contributed by atoms with E-state index in [0.29, 0.717) is 10.5 Å². The molecule has 0 aromatic heterocycles. The lowest BCUT2D eigenvalue weighted by molar-refractivity contribution is -0.145. The number of nitrogens with two attached hydrogens (primary N) is 1. The fourth-order valence-corrected chi connectivity index (χ4v) is 2.15. The molecule has 0 bridgehead atoms. The monoisotopic (exact) mass is 299 g/mol. The summed E-state index contributed by atoms with van der Waals surface area (Å²) in [4.78, 5) is 22.2. The Balaban J connectivity index is 3.01. The molecule has 0 heterocycles. The van der Waals surface area contributed by atoms with Gasteiger partial charge in [-0.15, -0.1) is 12.6 Å². The van der Waals surface area contributed by atoms with E-state index < -0.39 is 24.3 Å². The second-order valence-electron chi connectivity index (χ2n) is 4.30. The van der Waals surface area contributed by atoms with Crippen LogP contribution >= 0.6 is 12.6 Å². The van der Waals surface area contributed by atoms with Gasteiger partial charge in [-0.05, 0) is 18.6 Å². The van der Waals surface area contributed by atoms with Crippen molar-refractivity contribution < 1.29 is 24.2 Å². The van der Waals surface area contributed by atoms with Gasteiger partial charge in [0.15, 0.2) is 0 Å². The molecule has 0 aliphatic rings. The molecule has 1 rings (SSSR count). The molecule has 1 aromatic rings. The smallest absolute Gasteiger partial charge is 0.406 e. The van der Waals surface area contributed by atoms with Gasteiger partial charge in [0, 0.05) is 11.8 Å². The van der Waals surface area contributed by atoms with E-state index in [1.54, 1.807) is 12.1 Å². The van der Waals surface area contributed by atoms with Crippen LogP contribution in [0.5, 0.6) is 0 Å². The average Bonchev–Trinajstić information content (AvgIpc) is 2.30. The summed E-state index contributed by atoms with van der Waals surface area (Å²) in [5.41, 5.74) is 6.45. The van der Waals surface area contributed by atoms with Gasteiger partial charge in [-0.2, -0.15) is 0 Å². The molecule has 3 N–H and O–H groups in total. The van der Waals surface area contributed by atoms with Crippen molar-refractivity contribution in [3.05, 3.63) is 29.3 Å². The van der Waals surface area contributed by atoms with Crippen LogP contribution in [-0.4, -0.2) is 30.1 Å². The quantitative estimate of drug-likeness (QED) is 0.433. The topological polar surface area (TPSA) is 98.8 Å². The van der Waals surface area contributed by atoms with E-state index in [0.717, 1.165) is 5.56 Å². The number of carbonyl (C=O) groups excluding carboxylic acids is 2. The summed E-state index contributed by atoms with van der Waals surface area (Å²) in [6, 6.07) is 5.32. The SMILES string of the molecule is CC(=O)OC[C@H](c1ccc(C)cc1S)C(O)OC(N)=O. The van der Waals surface area contributed by atoms with E-state index in [9.17, 15) is 14.7 Å². The molecule has 0 radical (unpaired) electrons. The highest BCUT2D eigenvalue weighted by Crippen LogP contribution is 2.28. The number of aryl methyl sites for hydroxylation is 1. The van der Waals surface area contributed by atoms with Gasteiger partial charge in [-0.25, -0.2) is 4.79 Å². The maximum absolute atomic E-state index is 10.9. The van der Waals surface area contributed by atoms with Gasteiger partial charge >= 0.3 is 12.1 Å². The van der Waals surface area contributed by atoms with Crippen LogP contribution in [0.1, 0.15) is 24.0 Å². The summed E-state index contributed by atoms with van der Waals surface area (Å²) in [6.45, 7) is 2.98. The molecular weight excluding hydrogens is 282 g/mol. The number of aliphatic hydroxyl groups excluding tert-OH is 1. The zero-order valence-electron chi connectivity index (χ0n) is 11.2. The van der Waals surface area contributed by atoms with Crippen LogP contribution in [0.2, 0.25) is 0 Å². The predicted molar refractivity (Wildman–Crippen MR) is 74.5 cm³/mol. The maximum atomic E-state index is 10.9. The van der Waals surface area contributed by atoms with Crippen LogP contribution < -0.4 is 5.73 Å². The minimum Gasteiger partial charge on any atom is -0.465 e. The Labute approximate surface area is 122 Å². The van der Waals surface area contributed by atoms with Crippen molar-refractivity contribution in [1.82, 2.24) is 0 Å². The summed E-state index contributed by atoms with van der Waals surface area (Å²) >= 11 is 4.31. The molecule has 0 aliphatic carbocycles. The maximum Gasteiger partial charge on any atom is 0.406 e. The number of esters is 1. The lowest BCUT2D eigenvalue weighted by Gasteiger charge is -2.23. The Bertz CT molecular complexity index is 506. The fourth-order valence-electron chi connectivity index (χ4n) is 1.70. The number of rotatable bonds is 5. The Kier molecular flexibility index (Phi) is 5.84. The molecular formula is C13H17NO5S. The molecule has 0 saturated carbocycles. The van der Waals surface area contributed by atoms with Crippen molar-refractivity contribution >= 4 is 24.7 Å². The highest BCUT2D eigenvalue weighted by molar-refractivity contribution is 7.80. The molecule has 6 nitrogen and oxygen atoms in total. The standard InChI is InChI=1S/C13H17NO5S/c1-7-3-4-9(11(20)5-7)10(6-18-8(2)15)12(16)19-13(14)17/h3-5,10,12,16,20H,6H2,1-2H3,(H2,14,17)/t10-,12?/m1/s1. The number of aliphatic hydroxyl groups is 1. The molecule has 7 heteroatoms. The van der Waals surface area contributed by atoms with E-state index in [1.807, 2.05) is 13.0 Å². The van der Waals surface area contributed by atoms with Crippen molar-refractivity contribution in [2.75, 3.05) is 6.61 Å². The van der Waals surface area contributed by atoms with Gasteiger partial charge in [0.1, 0.15) is 6.61 Å². The van der Waals surface area contributed by atoms with E-state index in [4.69, 9.17) is 10.5 Å². The summed E-state index contributed by atoms with van der Waals surface area (Å²) in [5, 5.41) is 9.89. The number of amides is 1. The first-order valence-corrected chi connectivity index (χ1v) is 6.33. The molecule has 1 aromatic carbocycles. The highest BCUT2D eigenvalue weighted by Gasteiger charge is 2.27. The van der Waals surface area contributed by atoms with Crippen LogP contribution in [0, 0.1) is 6.92 Å². The third kappa shape index (κ3) is 4.75.